The molecule has 0 bridgehead atoms. The summed E-state index contributed by atoms with van der Waals surface area (Å²) < 4.78 is 1.19. The van der Waals surface area contributed by atoms with E-state index >= 15 is 0 Å². The Balaban J connectivity index is 2.26. The SMILES string of the molecule is CN(CCCCO)CCc1ccccc1Br. The summed E-state index contributed by atoms with van der Waals surface area (Å²) in [6.45, 7) is 2.43. The summed E-state index contributed by atoms with van der Waals surface area (Å²) in [4.78, 5) is 2.31. The first-order chi connectivity index (χ1) is 7.74. The normalized spacial score (nSPS) is 11.0. The Morgan fingerprint density at radius 2 is 1.94 bits per heavy atom. The second-order valence-electron chi connectivity index (χ2n) is 4.08. The molecule has 1 rings (SSSR count). The fourth-order valence-corrected chi connectivity index (χ4v) is 2.10. The van der Waals surface area contributed by atoms with Crippen LogP contribution in [0.5, 0.6) is 0 Å². The van der Waals surface area contributed by atoms with Crippen molar-refractivity contribution in [2.75, 3.05) is 26.7 Å². The highest BCUT2D eigenvalue weighted by molar-refractivity contribution is 9.10. The highest BCUT2D eigenvalue weighted by Gasteiger charge is 2.01. The van der Waals surface area contributed by atoms with Crippen molar-refractivity contribution in [3.63, 3.8) is 0 Å². The second-order valence-corrected chi connectivity index (χ2v) is 4.93. The quantitative estimate of drug-likeness (QED) is 0.779. The summed E-state index contributed by atoms with van der Waals surface area (Å²) in [6.07, 6.45) is 3.04. The third kappa shape index (κ3) is 5.10. The summed E-state index contributed by atoms with van der Waals surface area (Å²) >= 11 is 3.56. The molecular formula is C13H20BrNO. The summed E-state index contributed by atoms with van der Waals surface area (Å²) in [7, 11) is 2.13. The van der Waals surface area contributed by atoms with Crippen molar-refractivity contribution in [1.82, 2.24) is 4.90 Å². The molecule has 16 heavy (non-hydrogen) atoms. The minimum Gasteiger partial charge on any atom is -0.396 e. The van der Waals surface area contributed by atoms with Gasteiger partial charge in [-0.15, -0.1) is 0 Å². The maximum absolute atomic E-state index is 8.70. The monoisotopic (exact) mass is 285 g/mol. The van der Waals surface area contributed by atoms with Crippen LogP contribution in [0.2, 0.25) is 0 Å². The molecule has 2 nitrogen and oxygen atoms in total. The largest absolute Gasteiger partial charge is 0.396 e. The number of unbranched alkanes of at least 4 members (excludes halogenated alkanes) is 1. The molecule has 0 unspecified atom stereocenters. The van der Waals surface area contributed by atoms with Crippen molar-refractivity contribution in [3.8, 4) is 0 Å². The van der Waals surface area contributed by atoms with Gasteiger partial charge in [0, 0.05) is 17.6 Å². The summed E-state index contributed by atoms with van der Waals surface area (Å²) in [5.74, 6) is 0. The zero-order valence-corrected chi connectivity index (χ0v) is 11.4. The van der Waals surface area contributed by atoms with E-state index in [-0.39, 0.29) is 0 Å². The summed E-state index contributed by atoms with van der Waals surface area (Å²) in [5.41, 5.74) is 1.36. The number of aliphatic hydroxyl groups is 1. The van der Waals surface area contributed by atoms with Crippen molar-refractivity contribution in [2.24, 2.45) is 0 Å². The highest BCUT2D eigenvalue weighted by Crippen LogP contribution is 2.16. The van der Waals surface area contributed by atoms with Gasteiger partial charge in [-0.2, -0.15) is 0 Å². The molecule has 1 aromatic carbocycles. The molecule has 0 aliphatic rings. The first-order valence-corrected chi connectivity index (χ1v) is 6.56. The van der Waals surface area contributed by atoms with Crippen molar-refractivity contribution >= 4 is 15.9 Å². The molecule has 0 saturated heterocycles. The fraction of sp³-hybridized carbons (Fsp3) is 0.538. The van der Waals surface area contributed by atoms with Gasteiger partial charge in [-0.25, -0.2) is 0 Å². The Hall–Kier alpha value is -0.380. The van der Waals surface area contributed by atoms with Crippen molar-refractivity contribution in [2.45, 2.75) is 19.3 Å². The molecule has 0 radical (unpaired) electrons. The molecule has 0 aromatic heterocycles. The Bertz CT molecular complexity index is 304. The van der Waals surface area contributed by atoms with Gasteiger partial charge in [0.25, 0.3) is 0 Å². The molecule has 0 aliphatic carbocycles. The van der Waals surface area contributed by atoms with Crippen LogP contribution in [0, 0.1) is 0 Å². The fourth-order valence-electron chi connectivity index (χ4n) is 1.62. The Kier molecular flexibility index (Phi) is 6.69. The van der Waals surface area contributed by atoms with Crippen LogP contribution in [0.4, 0.5) is 0 Å². The smallest absolute Gasteiger partial charge is 0.0431 e. The maximum Gasteiger partial charge on any atom is 0.0431 e. The lowest BCUT2D eigenvalue weighted by Gasteiger charge is -2.16. The van der Waals surface area contributed by atoms with Crippen molar-refractivity contribution in [1.29, 1.82) is 0 Å². The van der Waals surface area contributed by atoms with Crippen LogP contribution in [0.1, 0.15) is 18.4 Å². The van der Waals surface area contributed by atoms with Gasteiger partial charge in [-0.3, -0.25) is 0 Å². The van der Waals surface area contributed by atoms with E-state index in [1.54, 1.807) is 0 Å². The second kappa shape index (κ2) is 7.82. The third-order valence-corrected chi connectivity index (χ3v) is 3.44. The van der Waals surface area contributed by atoms with E-state index in [1.165, 1.54) is 10.0 Å². The lowest BCUT2D eigenvalue weighted by molar-refractivity contribution is 0.264. The Labute approximate surface area is 106 Å². The number of nitrogens with zero attached hydrogens (tertiary/aromatic N) is 1. The van der Waals surface area contributed by atoms with E-state index in [4.69, 9.17) is 5.11 Å². The number of hydrogen-bond acceptors (Lipinski definition) is 2. The van der Waals surface area contributed by atoms with Gasteiger partial charge in [0.05, 0.1) is 0 Å². The van der Waals surface area contributed by atoms with Crippen molar-refractivity contribution in [3.05, 3.63) is 34.3 Å². The van der Waals surface area contributed by atoms with E-state index in [0.29, 0.717) is 6.61 Å². The summed E-state index contributed by atoms with van der Waals surface area (Å²) in [6, 6.07) is 8.36. The summed E-state index contributed by atoms with van der Waals surface area (Å²) in [5, 5.41) is 8.70. The van der Waals surface area contributed by atoms with Crippen LogP contribution in [0.15, 0.2) is 28.7 Å². The van der Waals surface area contributed by atoms with Crippen LogP contribution in [0.25, 0.3) is 0 Å². The van der Waals surface area contributed by atoms with E-state index in [2.05, 4.69) is 46.1 Å². The number of halogens is 1. The molecule has 1 aromatic rings. The van der Waals surface area contributed by atoms with E-state index in [1.807, 2.05) is 6.07 Å². The molecule has 0 aliphatic heterocycles. The van der Waals surface area contributed by atoms with Gasteiger partial charge in [0.15, 0.2) is 0 Å². The molecule has 1 N–H and O–H groups in total. The number of likely N-dealkylation sites (N-methyl/N-ethyl adjacent to an activating group) is 1. The van der Waals surface area contributed by atoms with Gasteiger partial charge in [0.2, 0.25) is 0 Å². The molecule has 90 valence electrons. The van der Waals surface area contributed by atoms with Crippen molar-refractivity contribution < 1.29 is 5.11 Å². The first kappa shape index (κ1) is 13.7. The van der Waals surface area contributed by atoms with Crippen LogP contribution in [0.3, 0.4) is 0 Å². The molecule has 0 atom stereocenters. The lowest BCUT2D eigenvalue weighted by atomic mass is 10.1. The number of benzene rings is 1. The first-order valence-electron chi connectivity index (χ1n) is 5.77. The zero-order valence-electron chi connectivity index (χ0n) is 9.82. The van der Waals surface area contributed by atoms with E-state index in [0.717, 1.165) is 32.4 Å². The molecule has 0 spiro atoms. The molecule has 0 fully saturated rings. The Morgan fingerprint density at radius 3 is 2.62 bits per heavy atom. The average molecular weight is 286 g/mol. The van der Waals surface area contributed by atoms with Gasteiger partial charge in [-0.05, 0) is 44.5 Å². The van der Waals surface area contributed by atoms with Crippen LogP contribution >= 0.6 is 15.9 Å². The standard InChI is InChI=1S/C13H20BrNO/c1-15(9-4-5-11-16)10-8-12-6-2-3-7-13(12)14/h2-3,6-7,16H,4-5,8-11H2,1H3. The topological polar surface area (TPSA) is 23.5 Å². The maximum atomic E-state index is 8.70. The minimum atomic E-state index is 0.304. The van der Waals surface area contributed by atoms with Crippen LogP contribution in [-0.2, 0) is 6.42 Å². The number of hydrogen-bond donors (Lipinski definition) is 1. The predicted molar refractivity (Wildman–Crippen MR) is 71.7 cm³/mol. The molecule has 0 amide bonds. The van der Waals surface area contributed by atoms with Crippen LogP contribution < -0.4 is 0 Å². The number of aliphatic hydroxyl groups excluding tert-OH is 1. The highest BCUT2D eigenvalue weighted by atomic mass is 79.9. The molecule has 0 saturated carbocycles. The van der Waals surface area contributed by atoms with Gasteiger partial charge < -0.3 is 10.0 Å². The van der Waals surface area contributed by atoms with E-state index < -0.39 is 0 Å². The number of rotatable bonds is 7. The molecule has 0 heterocycles. The third-order valence-electron chi connectivity index (χ3n) is 2.67. The molecule has 3 heteroatoms. The van der Waals surface area contributed by atoms with Gasteiger partial charge in [-0.1, -0.05) is 34.1 Å². The predicted octanol–water partition coefficient (Wildman–Crippen LogP) is 2.70. The van der Waals surface area contributed by atoms with Gasteiger partial charge >= 0.3 is 0 Å². The lowest BCUT2D eigenvalue weighted by Crippen LogP contribution is -2.22. The molecular weight excluding hydrogens is 266 g/mol. The Morgan fingerprint density at radius 1 is 1.19 bits per heavy atom. The average Bonchev–Trinajstić information content (AvgIpc) is 2.28. The zero-order chi connectivity index (χ0) is 11.8. The minimum absolute atomic E-state index is 0.304. The van der Waals surface area contributed by atoms with E-state index in [9.17, 15) is 0 Å². The van der Waals surface area contributed by atoms with Gasteiger partial charge in [0.1, 0.15) is 0 Å². The van der Waals surface area contributed by atoms with Crippen LogP contribution in [-0.4, -0.2) is 36.8 Å².